The summed E-state index contributed by atoms with van der Waals surface area (Å²) in [7, 11) is -2.16. The second kappa shape index (κ2) is 5.48. The Hall–Kier alpha value is -0.883. The Morgan fingerprint density at radius 1 is 1.50 bits per heavy atom. The maximum Gasteiger partial charge on any atom is 0.511 e. The molecule has 1 saturated heterocycles. The minimum absolute atomic E-state index is 0.0514. The summed E-state index contributed by atoms with van der Waals surface area (Å²) in [5.74, 6) is -1.15. The molecular formula is C14H25FO4Si. The van der Waals surface area contributed by atoms with Crippen LogP contribution in [-0.4, -0.2) is 32.7 Å². The van der Waals surface area contributed by atoms with Gasteiger partial charge in [0.05, 0.1) is 12.1 Å². The highest BCUT2D eigenvalue weighted by Gasteiger charge is 2.46. The Bertz CT molecular complexity index is 414. The molecule has 1 fully saturated rings. The van der Waals surface area contributed by atoms with Crippen LogP contribution in [0.2, 0.25) is 18.1 Å². The van der Waals surface area contributed by atoms with Gasteiger partial charge in [-0.15, -0.1) is 0 Å². The Kier molecular flexibility index (Phi) is 4.71. The van der Waals surface area contributed by atoms with Gasteiger partial charge in [-0.05, 0) is 18.0 Å². The van der Waals surface area contributed by atoms with E-state index in [-0.39, 0.29) is 17.1 Å². The summed E-state index contributed by atoms with van der Waals surface area (Å²) >= 11 is 0. The van der Waals surface area contributed by atoms with Crippen molar-refractivity contribution in [2.75, 3.05) is 6.61 Å². The van der Waals surface area contributed by atoms with E-state index in [1.165, 1.54) is 6.08 Å². The van der Waals surface area contributed by atoms with Gasteiger partial charge in [0, 0.05) is 6.92 Å². The number of hydrogen-bond acceptors (Lipinski definition) is 4. The number of ether oxygens (including phenoxy) is 3. The molecule has 0 amide bonds. The van der Waals surface area contributed by atoms with Crippen molar-refractivity contribution in [1.82, 2.24) is 0 Å². The molecule has 6 heteroatoms. The third-order valence-corrected chi connectivity index (χ3v) is 9.55. The van der Waals surface area contributed by atoms with E-state index < -0.39 is 26.1 Å². The Morgan fingerprint density at radius 2 is 2.05 bits per heavy atom. The maximum atomic E-state index is 14.4. The summed E-state index contributed by atoms with van der Waals surface area (Å²) < 4.78 is 29.7. The normalized spacial score (nSPS) is 28.3. The van der Waals surface area contributed by atoms with Gasteiger partial charge in [0.15, 0.2) is 6.10 Å². The first kappa shape index (κ1) is 17.2. The molecule has 0 spiro atoms. The zero-order valence-corrected chi connectivity index (χ0v) is 14.4. The van der Waals surface area contributed by atoms with Crippen LogP contribution in [0.3, 0.4) is 0 Å². The minimum atomic E-state index is -2.16. The van der Waals surface area contributed by atoms with E-state index in [2.05, 4.69) is 0 Å². The summed E-state index contributed by atoms with van der Waals surface area (Å²) in [6, 6.07) is 0. The van der Waals surface area contributed by atoms with E-state index in [1.54, 1.807) is 13.8 Å². The van der Waals surface area contributed by atoms with Gasteiger partial charge in [0.2, 0.25) is 0 Å². The summed E-state index contributed by atoms with van der Waals surface area (Å²) in [5.41, 5.74) is -0.105. The van der Waals surface area contributed by atoms with E-state index in [1.807, 2.05) is 33.9 Å². The van der Waals surface area contributed by atoms with Crippen LogP contribution < -0.4 is 0 Å². The van der Waals surface area contributed by atoms with Crippen molar-refractivity contribution >= 4 is 14.2 Å². The standard InChI is InChI=1S/C14H25FO4Si/c1-10-14(5,19-12(16)18-10)17-9-8-11(15)20(6,7)13(2,3)4/h8,10H,9H2,1-7H3/b11-8+. The number of hydrogen-bond donors (Lipinski definition) is 0. The van der Waals surface area contributed by atoms with E-state index >= 15 is 0 Å². The van der Waals surface area contributed by atoms with Crippen LogP contribution >= 0.6 is 0 Å². The first-order valence-electron chi connectivity index (χ1n) is 6.80. The maximum absolute atomic E-state index is 14.4. The van der Waals surface area contributed by atoms with Crippen LogP contribution in [0.5, 0.6) is 0 Å². The lowest BCUT2D eigenvalue weighted by molar-refractivity contribution is -0.179. The first-order chi connectivity index (χ1) is 8.90. The third kappa shape index (κ3) is 3.41. The number of carbonyl (C=O) groups is 1. The van der Waals surface area contributed by atoms with Crippen molar-refractivity contribution in [3.8, 4) is 0 Å². The van der Waals surface area contributed by atoms with Crippen LogP contribution in [0.4, 0.5) is 9.18 Å². The van der Waals surface area contributed by atoms with Crippen LogP contribution in [0.25, 0.3) is 0 Å². The molecule has 0 aromatic carbocycles. The highest BCUT2D eigenvalue weighted by Crippen LogP contribution is 2.41. The number of rotatable bonds is 4. The monoisotopic (exact) mass is 304 g/mol. The van der Waals surface area contributed by atoms with E-state index in [9.17, 15) is 9.18 Å². The molecule has 0 aromatic heterocycles. The van der Waals surface area contributed by atoms with Crippen LogP contribution in [0.1, 0.15) is 34.6 Å². The molecule has 2 atom stereocenters. The quantitative estimate of drug-likeness (QED) is 0.577. The number of carbonyl (C=O) groups excluding carboxylic acids is 1. The average molecular weight is 304 g/mol. The highest BCUT2D eigenvalue weighted by atomic mass is 28.3. The number of cyclic esters (lactones) is 2. The Morgan fingerprint density at radius 3 is 2.45 bits per heavy atom. The van der Waals surface area contributed by atoms with Gasteiger partial charge in [-0.2, -0.15) is 0 Å². The average Bonchev–Trinajstić information content (AvgIpc) is 2.50. The van der Waals surface area contributed by atoms with Crippen LogP contribution in [0, 0.1) is 0 Å². The second-order valence-electron chi connectivity index (χ2n) is 6.87. The summed E-state index contributed by atoms with van der Waals surface area (Å²) in [6.45, 7) is 13.5. The lowest BCUT2D eigenvalue weighted by Gasteiger charge is -2.35. The smallest absolute Gasteiger partial charge is 0.424 e. The topological polar surface area (TPSA) is 44.8 Å². The third-order valence-electron chi connectivity index (χ3n) is 4.40. The van der Waals surface area contributed by atoms with Crippen molar-refractivity contribution in [3.63, 3.8) is 0 Å². The summed E-state index contributed by atoms with van der Waals surface area (Å²) in [5, 5.41) is -0.0757. The fraction of sp³-hybridized carbons (Fsp3) is 0.786. The van der Waals surface area contributed by atoms with Gasteiger partial charge in [0.1, 0.15) is 8.07 Å². The summed E-state index contributed by atoms with van der Waals surface area (Å²) in [6.07, 6.45) is 0.176. The zero-order valence-electron chi connectivity index (χ0n) is 13.4. The van der Waals surface area contributed by atoms with Gasteiger partial charge in [-0.1, -0.05) is 33.9 Å². The molecule has 1 rings (SSSR count). The zero-order chi connectivity index (χ0) is 15.8. The van der Waals surface area contributed by atoms with Crippen molar-refractivity contribution in [3.05, 3.63) is 11.5 Å². The predicted octanol–water partition coefficient (Wildman–Crippen LogP) is 4.18. The SMILES string of the molecule is CC1OC(=O)OC1(C)OC/C=C(\F)[Si](C)(C)C(C)(C)C. The van der Waals surface area contributed by atoms with Crippen molar-refractivity contribution in [2.24, 2.45) is 0 Å². The molecule has 20 heavy (non-hydrogen) atoms. The minimum Gasteiger partial charge on any atom is -0.424 e. The molecule has 0 aromatic rings. The lowest BCUT2D eigenvalue weighted by atomic mass is 10.2. The van der Waals surface area contributed by atoms with E-state index in [4.69, 9.17) is 14.2 Å². The second-order valence-corrected chi connectivity index (χ2v) is 12.1. The van der Waals surface area contributed by atoms with E-state index in [0.29, 0.717) is 0 Å². The van der Waals surface area contributed by atoms with Crippen LogP contribution in [-0.2, 0) is 14.2 Å². The Balaban J connectivity index is 2.68. The largest absolute Gasteiger partial charge is 0.511 e. The van der Waals surface area contributed by atoms with Gasteiger partial charge >= 0.3 is 6.16 Å². The predicted molar refractivity (Wildman–Crippen MR) is 77.8 cm³/mol. The lowest BCUT2D eigenvalue weighted by Crippen LogP contribution is -2.39. The van der Waals surface area contributed by atoms with Crippen LogP contribution in [0.15, 0.2) is 11.5 Å². The van der Waals surface area contributed by atoms with Crippen molar-refractivity contribution < 1.29 is 23.4 Å². The van der Waals surface area contributed by atoms with Gasteiger partial charge in [0.25, 0.3) is 5.79 Å². The van der Waals surface area contributed by atoms with E-state index in [0.717, 1.165) is 0 Å². The van der Waals surface area contributed by atoms with Gasteiger partial charge in [-0.3, -0.25) is 0 Å². The molecule has 1 heterocycles. The molecule has 1 aliphatic rings. The van der Waals surface area contributed by atoms with Gasteiger partial charge in [-0.25, -0.2) is 9.18 Å². The Labute approximate surface area is 121 Å². The molecule has 4 nitrogen and oxygen atoms in total. The van der Waals surface area contributed by atoms with Gasteiger partial charge < -0.3 is 14.2 Å². The molecule has 1 aliphatic heterocycles. The molecule has 116 valence electrons. The summed E-state index contributed by atoms with van der Waals surface area (Å²) in [4.78, 5) is 11.0. The van der Waals surface area contributed by atoms with Crippen molar-refractivity contribution in [2.45, 2.75) is 64.6 Å². The fourth-order valence-electron chi connectivity index (χ4n) is 1.56. The molecule has 0 N–H and O–H groups in total. The molecular weight excluding hydrogens is 279 g/mol. The number of halogens is 1. The molecule has 2 unspecified atom stereocenters. The molecule has 0 radical (unpaired) electrons. The highest BCUT2D eigenvalue weighted by molar-refractivity contribution is 6.86. The fourth-order valence-corrected chi connectivity index (χ4v) is 2.87. The van der Waals surface area contributed by atoms with Crippen molar-refractivity contribution in [1.29, 1.82) is 0 Å². The molecule has 0 aliphatic carbocycles. The first-order valence-corrected chi connectivity index (χ1v) is 9.80. The molecule has 0 saturated carbocycles. The molecule has 0 bridgehead atoms.